The molecule has 0 saturated carbocycles. The second-order valence-corrected chi connectivity index (χ2v) is 9.69. The zero-order valence-electron chi connectivity index (χ0n) is 21.5. The van der Waals surface area contributed by atoms with E-state index >= 15 is 0 Å². The molecule has 13 nitrogen and oxygen atoms in total. The van der Waals surface area contributed by atoms with Crippen molar-refractivity contribution in [3.63, 3.8) is 0 Å². The number of aromatic nitrogens is 4. The smallest absolute Gasteiger partial charge is 0.251 e. The Morgan fingerprint density at radius 3 is 2.77 bits per heavy atom. The number of hydrogen-bond acceptors (Lipinski definition) is 10. The number of fused-ring (bicyclic) bond motifs is 1. The number of rotatable bonds is 10. The van der Waals surface area contributed by atoms with Gasteiger partial charge in [0.2, 0.25) is 5.91 Å². The van der Waals surface area contributed by atoms with Crippen LogP contribution in [-0.4, -0.2) is 96.7 Å². The maximum absolute atomic E-state index is 13.1. The molecule has 206 valence electrons. The lowest BCUT2D eigenvalue weighted by atomic mass is 10.1. The monoisotopic (exact) mass is 537 g/mol. The van der Waals surface area contributed by atoms with Crippen molar-refractivity contribution in [2.24, 2.45) is 0 Å². The number of nitrogens with zero attached hydrogens (tertiary/aromatic N) is 5. The Labute approximate surface area is 224 Å². The molecule has 0 aliphatic carbocycles. The number of anilines is 1. The Morgan fingerprint density at radius 2 is 2.03 bits per heavy atom. The Morgan fingerprint density at radius 1 is 1.21 bits per heavy atom. The molecule has 4 N–H and O–H groups in total. The number of hydrogen-bond donors (Lipinski definition) is 4. The summed E-state index contributed by atoms with van der Waals surface area (Å²) in [7, 11) is 0. The minimum absolute atomic E-state index is 0.175. The van der Waals surface area contributed by atoms with E-state index in [-0.39, 0.29) is 17.3 Å². The quantitative estimate of drug-likeness (QED) is 0.211. The predicted molar refractivity (Wildman–Crippen MR) is 139 cm³/mol. The third-order valence-electron chi connectivity index (χ3n) is 7.08. The predicted octanol–water partition coefficient (Wildman–Crippen LogP) is 0.502. The highest BCUT2D eigenvalue weighted by molar-refractivity contribution is 5.99. The van der Waals surface area contributed by atoms with Gasteiger partial charge in [-0.3, -0.25) is 19.0 Å². The maximum atomic E-state index is 13.1. The van der Waals surface area contributed by atoms with Gasteiger partial charge in [0.15, 0.2) is 29.0 Å². The fourth-order valence-electron chi connectivity index (χ4n) is 4.99. The molecule has 2 saturated heterocycles. The number of aliphatic hydroxyl groups excluding tert-OH is 2. The van der Waals surface area contributed by atoms with Crippen molar-refractivity contribution >= 4 is 34.6 Å². The van der Waals surface area contributed by atoms with E-state index in [0.717, 1.165) is 19.4 Å². The number of likely N-dealkylation sites (tertiary alicyclic amines) is 1. The van der Waals surface area contributed by atoms with Gasteiger partial charge in [0.05, 0.1) is 12.9 Å². The molecular weight excluding hydrogens is 506 g/mol. The van der Waals surface area contributed by atoms with Gasteiger partial charge in [-0.15, -0.1) is 0 Å². The molecule has 2 aliphatic heterocycles. The van der Waals surface area contributed by atoms with Gasteiger partial charge in [0, 0.05) is 37.2 Å². The van der Waals surface area contributed by atoms with Crippen molar-refractivity contribution in [2.75, 3.05) is 31.6 Å². The molecule has 4 atom stereocenters. The SMILES string of the molecule is CC(=O)c1cccc(C(=O)N[C@@H]2[C@H](O)[C@@H](CO)O[C@H]2n2cnc3c(NCCCN4CCCC4=O)ncnc32)c1. The average Bonchev–Trinajstić information content (AvgIpc) is 3.64. The molecule has 13 heteroatoms. The Kier molecular flexibility index (Phi) is 7.82. The molecule has 1 aromatic carbocycles. The summed E-state index contributed by atoms with van der Waals surface area (Å²) in [6.45, 7) is 2.99. The van der Waals surface area contributed by atoms with Gasteiger partial charge in [-0.05, 0) is 31.9 Å². The molecular formula is C26H31N7O6. The van der Waals surface area contributed by atoms with E-state index in [1.807, 2.05) is 4.90 Å². The summed E-state index contributed by atoms with van der Waals surface area (Å²) >= 11 is 0. The van der Waals surface area contributed by atoms with Gasteiger partial charge in [0.25, 0.3) is 5.91 Å². The summed E-state index contributed by atoms with van der Waals surface area (Å²) in [5.74, 6) is 0.00883. The second kappa shape index (κ2) is 11.4. The first-order valence-corrected chi connectivity index (χ1v) is 12.9. The summed E-state index contributed by atoms with van der Waals surface area (Å²) < 4.78 is 7.51. The zero-order chi connectivity index (χ0) is 27.5. The first-order chi connectivity index (χ1) is 18.9. The fourth-order valence-corrected chi connectivity index (χ4v) is 4.99. The van der Waals surface area contributed by atoms with E-state index < -0.39 is 37.0 Å². The molecule has 2 amide bonds. The number of Topliss-reactive ketones (excluding diaryl/α,β-unsaturated/α-hetero) is 1. The van der Waals surface area contributed by atoms with E-state index in [2.05, 4.69) is 25.6 Å². The number of nitrogens with one attached hydrogen (secondary N) is 2. The number of amides is 2. The summed E-state index contributed by atoms with van der Waals surface area (Å²) in [6.07, 6.45) is 2.02. The largest absolute Gasteiger partial charge is 0.394 e. The molecule has 0 spiro atoms. The number of ether oxygens (including phenoxy) is 1. The standard InChI is InChI=1S/C26H31N7O6/c1-15(35)16-5-2-6-17(11-16)25(38)31-20-22(37)18(12-34)39-26(20)33-14-30-21-23(28-13-29-24(21)33)27-8-4-10-32-9-3-7-19(32)36/h2,5-6,11,13-14,18,20,22,26,34,37H,3-4,7-10,12H2,1H3,(H,31,38)(H,27,28,29)/t18-,20-,22-,26-/m1/s1. The summed E-state index contributed by atoms with van der Waals surface area (Å²) in [5.41, 5.74) is 1.52. The van der Waals surface area contributed by atoms with Crippen molar-refractivity contribution < 1.29 is 29.3 Å². The van der Waals surface area contributed by atoms with Gasteiger partial charge in [-0.2, -0.15) is 0 Å². The van der Waals surface area contributed by atoms with E-state index in [1.54, 1.807) is 22.8 Å². The lowest BCUT2D eigenvalue weighted by Gasteiger charge is -2.23. The highest BCUT2D eigenvalue weighted by atomic mass is 16.5. The average molecular weight is 538 g/mol. The van der Waals surface area contributed by atoms with Gasteiger partial charge >= 0.3 is 0 Å². The van der Waals surface area contributed by atoms with Crippen LogP contribution < -0.4 is 10.6 Å². The zero-order valence-corrected chi connectivity index (χ0v) is 21.5. The van der Waals surface area contributed by atoms with Crippen LogP contribution in [0.1, 0.15) is 53.1 Å². The summed E-state index contributed by atoms with van der Waals surface area (Å²) in [5, 5.41) is 26.7. The lowest BCUT2D eigenvalue weighted by molar-refractivity contribution is -0.127. The summed E-state index contributed by atoms with van der Waals surface area (Å²) in [6, 6.07) is 5.33. The minimum Gasteiger partial charge on any atom is -0.394 e. The van der Waals surface area contributed by atoms with Crippen LogP contribution in [0.25, 0.3) is 11.2 Å². The van der Waals surface area contributed by atoms with Crippen LogP contribution in [0, 0.1) is 0 Å². The van der Waals surface area contributed by atoms with Crippen molar-refractivity contribution in [3.8, 4) is 0 Å². The maximum Gasteiger partial charge on any atom is 0.251 e. The van der Waals surface area contributed by atoms with Crippen LogP contribution in [0.3, 0.4) is 0 Å². The molecule has 39 heavy (non-hydrogen) atoms. The van der Waals surface area contributed by atoms with E-state index in [9.17, 15) is 24.6 Å². The molecule has 5 rings (SSSR count). The Hall–Kier alpha value is -3.94. The normalized spacial score (nSPS) is 22.9. The Balaban J connectivity index is 1.33. The molecule has 0 radical (unpaired) electrons. The third-order valence-corrected chi connectivity index (χ3v) is 7.08. The lowest BCUT2D eigenvalue weighted by Crippen LogP contribution is -2.46. The highest BCUT2D eigenvalue weighted by Crippen LogP contribution is 2.32. The van der Waals surface area contributed by atoms with Crippen molar-refractivity contribution in [2.45, 2.75) is 50.7 Å². The van der Waals surface area contributed by atoms with Crippen molar-refractivity contribution in [1.82, 2.24) is 29.7 Å². The van der Waals surface area contributed by atoms with Crippen LogP contribution in [0.15, 0.2) is 36.9 Å². The van der Waals surface area contributed by atoms with Gasteiger partial charge in [-0.25, -0.2) is 15.0 Å². The van der Waals surface area contributed by atoms with E-state index in [4.69, 9.17) is 4.74 Å². The van der Waals surface area contributed by atoms with Gasteiger partial charge in [0.1, 0.15) is 24.6 Å². The number of carbonyl (C=O) groups is 3. The van der Waals surface area contributed by atoms with Crippen molar-refractivity contribution in [1.29, 1.82) is 0 Å². The first-order valence-electron chi connectivity index (χ1n) is 12.9. The topological polar surface area (TPSA) is 172 Å². The van der Waals surface area contributed by atoms with Crippen LogP contribution in [-0.2, 0) is 9.53 Å². The van der Waals surface area contributed by atoms with Crippen LogP contribution in [0.4, 0.5) is 5.82 Å². The Bertz CT molecular complexity index is 1380. The fraction of sp³-hybridized carbons (Fsp3) is 0.462. The first kappa shape index (κ1) is 26.7. The molecule has 2 aliphatic rings. The van der Waals surface area contributed by atoms with Gasteiger partial charge < -0.3 is 30.5 Å². The molecule has 0 unspecified atom stereocenters. The summed E-state index contributed by atoms with van der Waals surface area (Å²) in [4.78, 5) is 51.6. The van der Waals surface area contributed by atoms with E-state index in [0.29, 0.717) is 42.1 Å². The number of benzene rings is 1. The third kappa shape index (κ3) is 5.46. The molecule has 2 fully saturated rings. The van der Waals surface area contributed by atoms with Crippen LogP contribution >= 0.6 is 0 Å². The number of ketones is 1. The number of carbonyl (C=O) groups excluding carboxylic acids is 3. The molecule has 4 heterocycles. The van der Waals surface area contributed by atoms with Crippen molar-refractivity contribution in [3.05, 3.63) is 48.0 Å². The second-order valence-electron chi connectivity index (χ2n) is 9.69. The van der Waals surface area contributed by atoms with Crippen LogP contribution in [0.5, 0.6) is 0 Å². The molecule has 0 bridgehead atoms. The number of imidazole rings is 1. The molecule has 2 aromatic heterocycles. The molecule has 3 aromatic rings. The highest BCUT2D eigenvalue weighted by Gasteiger charge is 2.46. The minimum atomic E-state index is -1.22. The van der Waals surface area contributed by atoms with Crippen LogP contribution in [0.2, 0.25) is 0 Å². The number of aliphatic hydroxyl groups is 2. The van der Waals surface area contributed by atoms with Gasteiger partial charge in [-0.1, -0.05) is 12.1 Å². The van der Waals surface area contributed by atoms with E-state index in [1.165, 1.54) is 25.6 Å².